The molecule has 0 saturated carbocycles. The molecule has 1 aromatic heterocycles. The van der Waals surface area contributed by atoms with Gasteiger partial charge in [0.1, 0.15) is 4.90 Å². The number of hydrogen-bond donors (Lipinski definition) is 1. The molecular weight excluding hydrogens is 288 g/mol. The molecule has 0 bridgehead atoms. The van der Waals surface area contributed by atoms with Gasteiger partial charge in [0.05, 0.1) is 12.4 Å². The van der Waals surface area contributed by atoms with Gasteiger partial charge in [-0.15, -0.1) is 0 Å². The van der Waals surface area contributed by atoms with Crippen LogP contribution in [0.15, 0.2) is 17.3 Å². The Hall–Kier alpha value is -1.21. The zero-order valence-corrected chi connectivity index (χ0v) is 13.9. The van der Waals surface area contributed by atoms with Crippen molar-refractivity contribution in [2.45, 2.75) is 38.5 Å². The smallest absolute Gasteiger partial charge is 0.246 e. The molecule has 6 nitrogen and oxygen atoms in total. The normalized spacial score (nSPS) is 18.7. The molecule has 0 amide bonds. The summed E-state index contributed by atoms with van der Waals surface area (Å²) in [6.45, 7) is 7.78. The summed E-state index contributed by atoms with van der Waals surface area (Å²) in [7, 11) is -1.78. The highest BCUT2D eigenvalue weighted by atomic mass is 32.2. The van der Waals surface area contributed by atoms with Crippen LogP contribution in [0.2, 0.25) is 0 Å². The maximum absolute atomic E-state index is 12.6. The second kappa shape index (κ2) is 5.88. The van der Waals surface area contributed by atoms with Crippen LogP contribution in [0.5, 0.6) is 0 Å². The van der Waals surface area contributed by atoms with Crippen LogP contribution in [0.1, 0.15) is 33.6 Å². The third-order valence-electron chi connectivity index (χ3n) is 4.17. The van der Waals surface area contributed by atoms with E-state index in [0.717, 1.165) is 12.8 Å². The fraction of sp³-hybridized carbons (Fsp3) is 0.714. The molecule has 1 fully saturated rings. The summed E-state index contributed by atoms with van der Waals surface area (Å²) in [4.78, 5) is 8.13. The third-order valence-corrected chi connectivity index (χ3v) is 6.02. The molecule has 0 aromatic carbocycles. The molecular formula is C14H24N4O2S. The summed E-state index contributed by atoms with van der Waals surface area (Å²) in [5.41, 5.74) is 0.230. The largest absolute Gasteiger partial charge is 0.357 e. The molecule has 7 heteroatoms. The Morgan fingerprint density at radius 2 is 1.71 bits per heavy atom. The van der Waals surface area contributed by atoms with Crippen LogP contribution in [0.3, 0.4) is 0 Å². The first-order valence-corrected chi connectivity index (χ1v) is 8.69. The van der Waals surface area contributed by atoms with Crippen LogP contribution >= 0.6 is 0 Å². The predicted molar refractivity (Wildman–Crippen MR) is 82.5 cm³/mol. The van der Waals surface area contributed by atoms with E-state index in [1.807, 2.05) is 0 Å². The lowest BCUT2D eigenvalue weighted by Gasteiger charge is -2.38. The molecule has 0 atom stereocenters. The number of nitrogens with zero attached hydrogens (tertiary/aromatic N) is 3. The molecule has 2 heterocycles. The average Bonchev–Trinajstić information content (AvgIpc) is 2.46. The highest BCUT2D eigenvalue weighted by molar-refractivity contribution is 7.89. The van der Waals surface area contributed by atoms with E-state index in [2.05, 4.69) is 36.1 Å². The fourth-order valence-corrected chi connectivity index (χ4v) is 4.05. The minimum Gasteiger partial charge on any atom is -0.357 e. The number of anilines is 1. The Morgan fingerprint density at radius 3 is 2.14 bits per heavy atom. The highest BCUT2D eigenvalue weighted by Crippen LogP contribution is 2.35. The molecule has 0 spiro atoms. The Bertz CT molecular complexity index is 570. The van der Waals surface area contributed by atoms with Crippen LogP contribution in [-0.4, -0.2) is 42.8 Å². The van der Waals surface area contributed by atoms with Crippen molar-refractivity contribution in [3.8, 4) is 0 Å². The van der Waals surface area contributed by atoms with E-state index in [1.165, 1.54) is 12.4 Å². The zero-order valence-electron chi connectivity index (χ0n) is 13.1. The Kier molecular flexibility index (Phi) is 4.53. The van der Waals surface area contributed by atoms with Crippen molar-refractivity contribution in [2.24, 2.45) is 11.3 Å². The lowest BCUT2D eigenvalue weighted by Crippen LogP contribution is -2.41. The Labute approximate surface area is 127 Å². The Morgan fingerprint density at radius 1 is 1.19 bits per heavy atom. The van der Waals surface area contributed by atoms with Gasteiger partial charge >= 0.3 is 0 Å². The maximum Gasteiger partial charge on any atom is 0.246 e. The van der Waals surface area contributed by atoms with E-state index in [-0.39, 0.29) is 10.3 Å². The van der Waals surface area contributed by atoms with E-state index in [9.17, 15) is 8.42 Å². The molecule has 1 saturated heterocycles. The van der Waals surface area contributed by atoms with E-state index >= 15 is 0 Å². The van der Waals surface area contributed by atoms with Gasteiger partial charge in [0.25, 0.3) is 0 Å². The molecule has 2 rings (SSSR count). The minimum atomic E-state index is -3.48. The molecule has 1 N–H and O–H groups in total. The van der Waals surface area contributed by atoms with Gasteiger partial charge in [0, 0.05) is 20.1 Å². The first-order valence-electron chi connectivity index (χ1n) is 7.25. The number of hydrogen-bond acceptors (Lipinski definition) is 5. The SMILES string of the molecule is CNc1ncc(S(=O)(=O)N2CCC(C(C)(C)C)CC2)cn1. The number of rotatable bonds is 3. The van der Waals surface area contributed by atoms with E-state index < -0.39 is 10.0 Å². The molecule has 21 heavy (non-hydrogen) atoms. The van der Waals surface area contributed by atoms with Gasteiger partial charge in [0.15, 0.2) is 0 Å². The highest BCUT2D eigenvalue weighted by Gasteiger charge is 2.34. The minimum absolute atomic E-state index is 0.163. The van der Waals surface area contributed by atoms with Gasteiger partial charge in [-0.05, 0) is 24.2 Å². The quantitative estimate of drug-likeness (QED) is 0.923. The lowest BCUT2D eigenvalue weighted by molar-refractivity contribution is 0.154. The third kappa shape index (κ3) is 3.52. The van der Waals surface area contributed by atoms with Crippen LogP contribution < -0.4 is 5.32 Å². The van der Waals surface area contributed by atoms with Crippen molar-refractivity contribution in [1.82, 2.24) is 14.3 Å². The van der Waals surface area contributed by atoms with Gasteiger partial charge in [-0.25, -0.2) is 18.4 Å². The summed E-state index contributed by atoms with van der Waals surface area (Å²) in [6.07, 6.45) is 4.53. The first kappa shape index (κ1) is 16.2. The summed E-state index contributed by atoms with van der Waals surface area (Å²) in [6, 6.07) is 0. The summed E-state index contributed by atoms with van der Waals surface area (Å²) >= 11 is 0. The van der Waals surface area contributed by atoms with E-state index in [0.29, 0.717) is 25.0 Å². The number of piperidine rings is 1. The van der Waals surface area contributed by atoms with Crippen LogP contribution in [0, 0.1) is 11.3 Å². The van der Waals surface area contributed by atoms with Gasteiger partial charge in [-0.1, -0.05) is 20.8 Å². The molecule has 1 aliphatic heterocycles. The molecule has 0 aliphatic carbocycles. The van der Waals surface area contributed by atoms with Crippen LogP contribution in [0.4, 0.5) is 5.95 Å². The van der Waals surface area contributed by atoms with Crippen molar-refractivity contribution in [3.05, 3.63) is 12.4 Å². The molecule has 1 aromatic rings. The van der Waals surface area contributed by atoms with Gasteiger partial charge in [-0.3, -0.25) is 0 Å². The second-order valence-corrected chi connectivity index (χ2v) is 8.47. The topological polar surface area (TPSA) is 75.2 Å². The lowest BCUT2D eigenvalue weighted by atomic mass is 9.76. The van der Waals surface area contributed by atoms with Crippen molar-refractivity contribution in [3.63, 3.8) is 0 Å². The summed E-state index contributed by atoms with van der Waals surface area (Å²) in [5.74, 6) is 0.979. The number of sulfonamides is 1. The number of nitrogens with one attached hydrogen (secondary N) is 1. The predicted octanol–water partition coefficient (Wildman–Crippen LogP) is 1.97. The molecule has 118 valence electrons. The monoisotopic (exact) mass is 312 g/mol. The fourth-order valence-electron chi connectivity index (χ4n) is 2.69. The molecule has 1 aliphatic rings. The van der Waals surface area contributed by atoms with E-state index in [4.69, 9.17) is 0 Å². The summed E-state index contributed by atoms with van der Waals surface area (Å²) in [5, 5.41) is 2.78. The van der Waals surface area contributed by atoms with Crippen molar-refractivity contribution in [1.29, 1.82) is 0 Å². The number of aromatic nitrogens is 2. The molecule has 0 radical (unpaired) electrons. The van der Waals surface area contributed by atoms with Crippen LogP contribution in [-0.2, 0) is 10.0 Å². The zero-order chi connectivity index (χ0) is 15.7. The molecule has 0 unspecified atom stereocenters. The summed E-state index contributed by atoms with van der Waals surface area (Å²) < 4.78 is 26.7. The van der Waals surface area contributed by atoms with Crippen molar-refractivity contribution in [2.75, 3.05) is 25.5 Å². The van der Waals surface area contributed by atoms with Gasteiger partial charge < -0.3 is 5.32 Å². The first-order chi connectivity index (χ1) is 9.75. The Balaban J connectivity index is 2.11. The van der Waals surface area contributed by atoms with Gasteiger partial charge in [-0.2, -0.15) is 4.31 Å². The van der Waals surface area contributed by atoms with Gasteiger partial charge in [0.2, 0.25) is 16.0 Å². The second-order valence-electron chi connectivity index (χ2n) is 6.54. The van der Waals surface area contributed by atoms with Crippen LogP contribution in [0.25, 0.3) is 0 Å². The standard InChI is InChI=1S/C14H24N4O2S/c1-14(2,3)11-5-7-18(8-6-11)21(19,20)12-9-16-13(15-4)17-10-12/h9-11H,5-8H2,1-4H3,(H,15,16,17). The van der Waals surface area contributed by atoms with Crippen molar-refractivity contribution < 1.29 is 8.42 Å². The van der Waals surface area contributed by atoms with Crippen molar-refractivity contribution >= 4 is 16.0 Å². The maximum atomic E-state index is 12.6. The average molecular weight is 312 g/mol. The van der Waals surface area contributed by atoms with E-state index in [1.54, 1.807) is 11.4 Å².